The van der Waals surface area contributed by atoms with Crippen molar-refractivity contribution >= 4 is 41.1 Å². The molecule has 5 aromatic rings. The molecule has 2 aromatic heterocycles. The monoisotopic (exact) mass is 611 g/mol. The van der Waals surface area contributed by atoms with Crippen LogP contribution in [0.15, 0.2) is 69.1 Å². The van der Waals surface area contributed by atoms with Crippen LogP contribution in [0.5, 0.6) is 0 Å². The van der Waals surface area contributed by atoms with Gasteiger partial charge in [-0.2, -0.15) is 0 Å². The third-order valence-electron chi connectivity index (χ3n) is 8.43. The highest BCUT2D eigenvalue weighted by Crippen LogP contribution is 2.45. The second-order valence-electron chi connectivity index (χ2n) is 16.4. The summed E-state index contributed by atoms with van der Waals surface area (Å²) in [6.45, 7) is 29.2. The summed E-state index contributed by atoms with van der Waals surface area (Å²) in [4.78, 5) is 4.92. The molecule has 44 heavy (non-hydrogen) atoms. The van der Waals surface area contributed by atoms with Crippen molar-refractivity contribution < 1.29 is 12.9 Å². The average Bonchev–Trinajstić information content (AvgIpc) is 3.05. The predicted molar refractivity (Wildman–Crippen MR) is 188 cm³/mol. The van der Waals surface area contributed by atoms with Gasteiger partial charge in [0.2, 0.25) is 0 Å². The van der Waals surface area contributed by atoms with Gasteiger partial charge in [0.15, 0.2) is 0 Å². The lowest BCUT2D eigenvalue weighted by molar-refractivity contribution is 0.280. The second-order valence-corrected chi connectivity index (χ2v) is 17.4. The van der Waals surface area contributed by atoms with Crippen molar-refractivity contribution in [2.24, 2.45) is 0 Å². The Morgan fingerprint density at radius 3 is 1.55 bits per heavy atom. The van der Waals surface area contributed by atoms with Gasteiger partial charge in [0.1, 0.15) is 17.3 Å². The molecular formula is C39H50NO3P. The molecule has 0 aliphatic carbocycles. The molecule has 0 saturated carbocycles. The molecule has 3 aromatic carbocycles. The summed E-state index contributed by atoms with van der Waals surface area (Å²) < 4.78 is 20.6. The first-order valence-corrected chi connectivity index (χ1v) is 16.9. The Kier molecular flexibility index (Phi) is 8.13. The molecule has 0 aliphatic rings. The van der Waals surface area contributed by atoms with Crippen molar-refractivity contribution in [3.05, 3.63) is 88.6 Å². The summed E-state index contributed by atoms with van der Waals surface area (Å²) in [6, 6.07) is 21.6. The zero-order valence-corrected chi connectivity index (χ0v) is 29.9. The standard InChI is InChI=1S/C39H50NO3P/c1-24(32-19-18-25-16-14-15-17-33(25)40-32)41-44-42-34-28(20-26(36(2,3)4)22-30(34)38(8,9)10)29-21-27(37(5,6)7)23-31(35(29)43-44)39(11,12)13/h14-24H,1-13H3/t24-/m0/s1. The molecule has 0 amide bonds. The van der Waals surface area contributed by atoms with E-state index >= 15 is 0 Å². The molecule has 0 aliphatic heterocycles. The number of pyridine rings is 1. The van der Waals surface area contributed by atoms with Crippen molar-refractivity contribution in [3.63, 3.8) is 0 Å². The summed E-state index contributed by atoms with van der Waals surface area (Å²) in [5, 5.41) is 3.24. The highest BCUT2D eigenvalue weighted by Gasteiger charge is 2.29. The number of hydrogen-bond acceptors (Lipinski definition) is 4. The van der Waals surface area contributed by atoms with Crippen molar-refractivity contribution in [1.29, 1.82) is 0 Å². The van der Waals surface area contributed by atoms with Gasteiger partial charge < -0.3 is 8.39 Å². The number of para-hydroxylation sites is 1. The molecule has 0 saturated heterocycles. The lowest BCUT2D eigenvalue weighted by Gasteiger charge is -2.27. The van der Waals surface area contributed by atoms with E-state index in [4.69, 9.17) is 17.9 Å². The zero-order chi connectivity index (χ0) is 32.4. The summed E-state index contributed by atoms with van der Waals surface area (Å²) in [5.74, 6) is 0. The Bertz CT molecular complexity index is 1800. The Hall–Kier alpha value is -3.07. The van der Waals surface area contributed by atoms with Crippen LogP contribution in [0, 0.1) is 0 Å². The fourth-order valence-corrected chi connectivity index (χ4v) is 6.72. The molecule has 0 spiro atoms. The van der Waals surface area contributed by atoms with Crippen LogP contribution in [0.3, 0.4) is 0 Å². The summed E-state index contributed by atoms with van der Waals surface area (Å²) in [7, 11) is -1.82. The molecular weight excluding hydrogens is 561 g/mol. The minimum absolute atomic E-state index is 0.0473. The number of benzene rings is 3. The van der Waals surface area contributed by atoms with E-state index in [1.54, 1.807) is 0 Å². The maximum atomic E-state index is 6.93. The summed E-state index contributed by atoms with van der Waals surface area (Å²) in [5.41, 5.74) is 7.91. The van der Waals surface area contributed by atoms with E-state index in [0.29, 0.717) is 0 Å². The Morgan fingerprint density at radius 2 is 1.09 bits per heavy atom. The summed E-state index contributed by atoms with van der Waals surface area (Å²) >= 11 is 0. The van der Waals surface area contributed by atoms with Crippen LogP contribution < -0.4 is 4.52 Å². The molecule has 5 heteroatoms. The van der Waals surface area contributed by atoms with E-state index in [1.165, 1.54) is 11.1 Å². The molecule has 0 radical (unpaired) electrons. The van der Waals surface area contributed by atoms with Crippen LogP contribution in [0.25, 0.3) is 32.8 Å². The fourth-order valence-electron chi connectivity index (χ4n) is 5.54. The third kappa shape index (κ3) is 6.49. The van der Waals surface area contributed by atoms with E-state index in [0.717, 1.165) is 49.7 Å². The fraction of sp³-hybridized carbons (Fsp3) is 0.462. The Morgan fingerprint density at radius 1 is 0.614 bits per heavy atom. The van der Waals surface area contributed by atoms with E-state index < -0.39 is 8.24 Å². The minimum atomic E-state index is -1.82. The van der Waals surface area contributed by atoms with Gasteiger partial charge >= 0.3 is 8.24 Å². The van der Waals surface area contributed by atoms with Gasteiger partial charge in [-0.25, -0.2) is 0 Å². The topological polar surface area (TPSA) is 48.4 Å². The van der Waals surface area contributed by atoms with E-state index in [1.807, 2.05) is 31.2 Å². The number of aromatic nitrogens is 1. The summed E-state index contributed by atoms with van der Waals surface area (Å²) in [6.07, 6.45) is -0.338. The largest absolute Gasteiger partial charge is 0.399 e. The molecule has 0 fully saturated rings. The highest BCUT2D eigenvalue weighted by molar-refractivity contribution is 7.31. The average molecular weight is 612 g/mol. The van der Waals surface area contributed by atoms with Gasteiger partial charge in [-0.05, 0) is 64.0 Å². The maximum absolute atomic E-state index is 6.93. The smallest absolute Gasteiger partial charge is 0.388 e. The number of fused-ring (bicyclic) bond motifs is 4. The quantitative estimate of drug-likeness (QED) is 0.204. The molecule has 0 unspecified atom stereocenters. The lowest BCUT2D eigenvalue weighted by atomic mass is 9.77. The van der Waals surface area contributed by atoms with Gasteiger partial charge in [0, 0.05) is 27.3 Å². The molecule has 5 rings (SSSR count). The van der Waals surface area contributed by atoms with Gasteiger partial charge in [-0.1, -0.05) is 119 Å². The van der Waals surface area contributed by atoms with Crippen molar-refractivity contribution in [2.75, 3.05) is 0 Å². The zero-order valence-electron chi connectivity index (χ0n) is 29.0. The van der Waals surface area contributed by atoms with Gasteiger partial charge in [-0.15, -0.1) is 0 Å². The van der Waals surface area contributed by atoms with E-state index in [2.05, 4.69) is 119 Å². The SMILES string of the molecule is C[C@H](Op1oc2c(C(C)(C)C)cc(C(C)(C)C)cc2c2cc(C(C)(C)C)cc(C(C)(C)C)c2o1)c1ccc2ccccc2n1. The van der Waals surface area contributed by atoms with Crippen molar-refractivity contribution in [3.8, 4) is 0 Å². The van der Waals surface area contributed by atoms with Gasteiger partial charge in [-0.3, -0.25) is 9.51 Å². The Labute approximate surface area is 264 Å². The van der Waals surface area contributed by atoms with Crippen LogP contribution in [-0.4, -0.2) is 4.98 Å². The predicted octanol–water partition coefficient (Wildman–Crippen LogP) is 12.2. The third-order valence-corrected chi connectivity index (χ3v) is 9.58. The Balaban J connectivity index is 1.90. The first-order valence-electron chi connectivity index (χ1n) is 15.8. The first-order chi connectivity index (χ1) is 20.2. The molecule has 234 valence electrons. The molecule has 4 nitrogen and oxygen atoms in total. The number of nitrogens with zero attached hydrogens (tertiary/aromatic N) is 1. The van der Waals surface area contributed by atoms with Crippen LogP contribution in [-0.2, 0) is 21.7 Å². The highest BCUT2D eigenvalue weighted by atomic mass is 31.1. The van der Waals surface area contributed by atoms with E-state index in [-0.39, 0.29) is 27.8 Å². The normalized spacial score (nSPS) is 14.0. The second kappa shape index (κ2) is 11.1. The molecule has 2 heterocycles. The molecule has 1 atom stereocenters. The number of rotatable bonds is 3. The van der Waals surface area contributed by atoms with Crippen LogP contribution in [0.4, 0.5) is 0 Å². The maximum Gasteiger partial charge on any atom is 0.388 e. The van der Waals surface area contributed by atoms with Crippen LogP contribution in [0.2, 0.25) is 0 Å². The molecule has 0 N–H and O–H groups in total. The van der Waals surface area contributed by atoms with Gasteiger partial charge in [0.25, 0.3) is 0 Å². The van der Waals surface area contributed by atoms with Crippen LogP contribution >= 0.6 is 8.24 Å². The lowest BCUT2D eigenvalue weighted by Crippen LogP contribution is -2.17. The van der Waals surface area contributed by atoms with Crippen LogP contribution in [0.1, 0.15) is 124 Å². The first kappa shape index (κ1) is 32.3. The number of hydrogen-bond donors (Lipinski definition) is 0. The minimum Gasteiger partial charge on any atom is -0.399 e. The van der Waals surface area contributed by atoms with Crippen molar-refractivity contribution in [1.82, 2.24) is 4.98 Å². The van der Waals surface area contributed by atoms with Crippen molar-refractivity contribution in [2.45, 2.75) is 118 Å². The van der Waals surface area contributed by atoms with E-state index in [9.17, 15) is 0 Å². The molecule has 0 bridgehead atoms. The van der Waals surface area contributed by atoms with Gasteiger partial charge in [0.05, 0.1) is 11.2 Å².